The van der Waals surface area contributed by atoms with Crippen LogP contribution in [-0.4, -0.2) is 121 Å². The number of hydrogen-bond donors (Lipinski definition) is 12. The van der Waals surface area contributed by atoms with Gasteiger partial charge in [0.25, 0.3) is 0 Å². The van der Waals surface area contributed by atoms with Gasteiger partial charge in [-0.1, -0.05) is 13.8 Å². The van der Waals surface area contributed by atoms with Crippen LogP contribution in [0.4, 0.5) is 0 Å². The number of hydrogen-bond acceptors (Lipinski definition) is 12. The molecule has 0 amide bonds. The van der Waals surface area contributed by atoms with Gasteiger partial charge in [-0.3, -0.25) is 14.4 Å². The average Bonchev–Trinajstić information content (AvgIpc) is 2.71. The van der Waals surface area contributed by atoms with E-state index in [1.54, 1.807) is 13.8 Å². The fourth-order valence-electron chi connectivity index (χ4n) is 0.956. The molecule has 0 aliphatic rings. The molecule has 0 bridgehead atoms. The van der Waals surface area contributed by atoms with Crippen LogP contribution in [0.2, 0.25) is 0 Å². The molecular weight excluding hydrogens is 414 g/mol. The second kappa shape index (κ2) is 21.8. The minimum absolute atomic E-state index is 0.0208. The Balaban J connectivity index is -0.000000162. The first kappa shape index (κ1) is 35.5. The summed E-state index contributed by atoms with van der Waals surface area (Å²) in [6.45, 7) is 1.55. The summed E-state index contributed by atoms with van der Waals surface area (Å²) in [5.74, 6) is -2.84. The zero-order chi connectivity index (χ0) is 25.0. The topological polar surface area (TPSA) is 311 Å². The third kappa shape index (κ3) is 24.1. The first-order chi connectivity index (χ1) is 13.6. The molecule has 0 aromatic heterocycles. The molecule has 0 aromatic carbocycles. The van der Waals surface area contributed by atoms with Crippen molar-refractivity contribution < 1.29 is 60.3 Å². The lowest BCUT2D eigenvalue weighted by Gasteiger charge is -2.24. The number of carboxylic acid groups (broad SMARTS) is 3. The first-order valence-corrected chi connectivity index (χ1v) is 8.40. The van der Waals surface area contributed by atoms with Crippen molar-refractivity contribution >= 4 is 17.9 Å². The maximum Gasteiger partial charge on any atom is 0.320 e. The number of aliphatic hydroxyl groups excluding tert-OH is 6. The van der Waals surface area contributed by atoms with E-state index in [1.165, 1.54) is 0 Å². The van der Waals surface area contributed by atoms with Crippen LogP contribution >= 0.6 is 0 Å². The Hall–Kier alpha value is -1.95. The van der Waals surface area contributed by atoms with Gasteiger partial charge in [-0.05, 0) is 5.92 Å². The highest BCUT2D eigenvalue weighted by atomic mass is 16.4. The molecular formula is C15H35N3O12. The van der Waals surface area contributed by atoms with Crippen molar-refractivity contribution in [3.63, 3.8) is 0 Å². The quantitative estimate of drug-likeness (QED) is 0.156. The fraction of sp³-hybridized carbons (Fsp3) is 0.800. The van der Waals surface area contributed by atoms with Gasteiger partial charge < -0.3 is 63.2 Å². The number of aliphatic carboxylic acids is 3. The summed E-state index contributed by atoms with van der Waals surface area (Å²) in [5.41, 5.74) is 14.3. The van der Waals surface area contributed by atoms with Crippen LogP contribution in [0.1, 0.15) is 13.8 Å². The van der Waals surface area contributed by atoms with Crippen molar-refractivity contribution in [1.29, 1.82) is 0 Å². The Kier molecular flexibility index (Phi) is 25.7. The number of carbonyl (C=O) groups is 3. The smallest absolute Gasteiger partial charge is 0.320 e. The predicted octanol–water partition coefficient (Wildman–Crippen LogP) is -5.47. The minimum Gasteiger partial charge on any atom is -0.480 e. The lowest BCUT2D eigenvalue weighted by molar-refractivity contribution is -0.139. The van der Waals surface area contributed by atoms with Crippen LogP contribution in [0.3, 0.4) is 0 Å². The van der Waals surface area contributed by atoms with Gasteiger partial charge in [0.05, 0.1) is 26.3 Å². The normalized spacial score (nSPS) is 14.8. The Morgan fingerprint density at radius 1 is 0.733 bits per heavy atom. The molecule has 0 radical (unpaired) electrons. The fourth-order valence-corrected chi connectivity index (χ4v) is 0.956. The van der Waals surface area contributed by atoms with Gasteiger partial charge in [0.15, 0.2) is 0 Å². The maximum absolute atomic E-state index is 10.0. The Labute approximate surface area is 173 Å². The number of aliphatic hydroxyl groups is 6. The zero-order valence-electron chi connectivity index (χ0n) is 16.8. The van der Waals surface area contributed by atoms with E-state index in [4.69, 9.17) is 51.7 Å². The van der Waals surface area contributed by atoms with E-state index in [0.717, 1.165) is 0 Å². The number of rotatable bonds is 9. The molecule has 0 fully saturated rings. The van der Waals surface area contributed by atoms with E-state index >= 15 is 0 Å². The van der Waals surface area contributed by atoms with Gasteiger partial charge in [-0.15, -0.1) is 0 Å². The molecule has 0 rings (SSSR count). The van der Waals surface area contributed by atoms with E-state index in [2.05, 4.69) is 11.5 Å². The van der Waals surface area contributed by atoms with Crippen LogP contribution < -0.4 is 17.2 Å². The minimum atomic E-state index is -1.67. The monoisotopic (exact) mass is 449 g/mol. The van der Waals surface area contributed by atoms with Crippen molar-refractivity contribution in [1.82, 2.24) is 0 Å². The van der Waals surface area contributed by atoms with Crippen LogP contribution in [0.5, 0.6) is 0 Å². The van der Waals surface area contributed by atoms with Crippen molar-refractivity contribution in [3.8, 4) is 0 Å². The van der Waals surface area contributed by atoms with Crippen molar-refractivity contribution in [2.24, 2.45) is 23.1 Å². The highest BCUT2D eigenvalue weighted by Gasteiger charge is 2.29. The van der Waals surface area contributed by atoms with Gasteiger partial charge in [0.2, 0.25) is 0 Å². The number of nitrogens with two attached hydrogens (primary N) is 3. The lowest BCUT2D eigenvalue weighted by Crippen LogP contribution is -2.46. The SMILES string of the molecule is CC(C)[C@H](N)C(=O)O.NCC(=O)O.NCC(=O)O.OC[C@@H](O)[C@@H](O)[C@H](O)[C@H](O)CO. The van der Waals surface area contributed by atoms with Gasteiger partial charge in [0, 0.05) is 0 Å². The summed E-state index contributed by atoms with van der Waals surface area (Å²) in [5, 5.41) is 75.6. The van der Waals surface area contributed by atoms with Gasteiger partial charge in [-0.25, -0.2) is 0 Å². The molecule has 15 nitrogen and oxygen atoms in total. The summed E-state index contributed by atoms with van der Waals surface area (Å²) in [6, 6.07) is -0.713. The molecule has 0 saturated carbocycles. The number of carboxylic acids is 3. The summed E-state index contributed by atoms with van der Waals surface area (Å²) in [7, 11) is 0. The molecule has 0 heterocycles. The molecule has 30 heavy (non-hydrogen) atoms. The Morgan fingerprint density at radius 3 is 1.03 bits per heavy atom. The molecule has 0 spiro atoms. The van der Waals surface area contributed by atoms with Crippen LogP contribution in [0.25, 0.3) is 0 Å². The second-order valence-corrected chi connectivity index (χ2v) is 5.78. The Morgan fingerprint density at radius 2 is 0.967 bits per heavy atom. The molecule has 0 aromatic rings. The molecule has 0 unspecified atom stereocenters. The highest BCUT2D eigenvalue weighted by Crippen LogP contribution is 2.04. The summed E-state index contributed by atoms with van der Waals surface area (Å²) < 4.78 is 0. The molecule has 15 N–H and O–H groups in total. The zero-order valence-corrected chi connectivity index (χ0v) is 16.8. The summed E-state index contributed by atoms with van der Waals surface area (Å²) in [4.78, 5) is 28.5. The predicted molar refractivity (Wildman–Crippen MR) is 102 cm³/mol. The third-order valence-corrected chi connectivity index (χ3v) is 2.87. The standard InChI is InChI=1S/C6H14O6.C5H11NO2.2C2H5NO2/c7-1-3(9)5(11)6(12)4(10)2-8;1-3(2)4(6)5(7)8;2*3-1-2(4)5/h3-12H,1-2H2;3-4H,6H2,1-2H3,(H,7,8);2*1,3H2,(H,4,5)/t3-,4-,5-,6-;4-;;/m10../s1. The average molecular weight is 449 g/mol. The molecule has 0 aliphatic heterocycles. The summed E-state index contributed by atoms with van der Waals surface area (Å²) >= 11 is 0. The second-order valence-electron chi connectivity index (χ2n) is 5.78. The van der Waals surface area contributed by atoms with Crippen molar-refractivity contribution in [2.45, 2.75) is 44.3 Å². The molecule has 0 saturated heterocycles. The molecule has 0 aliphatic carbocycles. The van der Waals surface area contributed by atoms with Crippen molar-refractivity contribution in [3.05, 3.63) is 0 Å². The van der Waals surface area contributed by atoms with Crippen molar-refractivity contribution in [2.75, 3.05) is 26.3 Å². The van der Waals surface area contributed by atoms with E-state index < -0.39 is 61.6 Å². The summed E-state index contributed by atoms with van der Waals surface area (Å²) in [6.07, 6.45) is -6.39. The molecule has 5 atom stereocenters. The van der Waals surface area contributed by atoms with Gasteiger partial charge in [-0.2, -0.15) is 0 Å². The first-order valence-electron chi connectivity index (χ1n) is 8.40. The van der Waals surface area contributed by atoms with Crippen LogP contribution in [0, 0.1) is 5.92 Å². The largest absolute Gasteiger partial charge is 0.480 e. The Bertz CT molecular complexity index is 425. The van der Waals surface area contributed by atoms with Crippen LogP contribution in [0.15, 0.2) is 0 Å². The third-order valence-electron chi connectivity index (χ3n) is 2.87. The van der Waals surface area contributed by atoms with E-state index in [0.29, 0.717) is 0 Å². The van der Waals surface area contributed by atoms with E-state index in [1.807, 2.05) is 0 Å². The van der Waals surface area contributed by atoms with Gasteiger partial charge >= 0.3 is 17.9 Å². The maximum atomic E-state index is 10.0. The highest BCUT2D eigenvalue weighted by molar-refractivity contribution is 5.73. The van der Waals surface area contributed by atoms with Crippen LogP contribution in [-0.2, 0) is 14.4 Å². The lowest BCUT2D eigenvalue weighted by atomic mass is 10.0. The van der Waals surface area contributed by atoms with E-state index in [9.17, 15) is 14.4 Å². The van der Waals surface area contributed by atoms with Gasteiger partial charge in [0.1, 0.15) is 30.5 Å². The molecule has 182 valence electrons. The molecule has 15 heteroatoms. The van der Waals surface area contributed by atoms with E-state index in [-0.39, 0.29) is 19.0 Å².